The van der Waals surface area contributed by atoms with Crippen LogP contribution in [-0.4, -0.2) is 12.2 Å². The van der Waals surface area contributed by atoms with Crippen LogP contribution in [0.5, 0.6) is 0 Å². The van der Waals surface area contributed by atoms with E-state index in [0.717, 1.165) is 12.7 Å². The number of nitrogens with two attached hydrogens (primary N) is 1. The molecule has 1 aliphatic carbocycles. The van der Waals surface area contributed by atoms with Gasteiger partial charge in [-0.3, -0.25) is 4.79 Å². The van der Waals surface area contributed by atoms with Crippen LogP contribution in [0.3, 0.4) is 0 Å². The van der Waals surface area contributed by atoms with Gasteiger partial charge in [-0.2, -0.15) is 0 Å². The van der Waals surface area contributed by atoms with Crippen molar-refractivity contribution in [3.63, 3.8) is 0 Å². The molecule has 1 atom stereocenters. The molecule has 0 saturated heterocycles. The Morgan fingerprint density at radius 2 is 1.63 bits per heavy atom. The van der Waals surface area contributed by atoms with Gasteiger partial charge in [-0.15, -0.1) is 0 Å². The second-order valence-electron chi connectivity index (χ2n) is 4.31. The molecule has 0 aromatic heterocycles. The lowest BCUT2D eigenvalue weighted by molar-refractivity contribution is -0.122. The number of carbonyl (C=O) groups excluding carboxylic acids is 2. The van der Waals surface area contributed by atoms with Crippen LogP contribution >= 0.6 is 0 Å². The normalized spacial score (nSPS) is 14.0. The highest BCUT2D eigenvalue weighted by molar-refractivity contribution is 5.77. The van der Waals surface area contributed by atoms with Crippen molar-refractivity contribution in [3.8, 4) is 0 Å². The van der Waals surface area contributed by atoms with Crippen LogP contribution in [0.2, 0.25) is 0 Å². The third kappa shape index (κ3) is 17.1. The van der Waals surface area contributed by atoms with Crippen molar-refractivity contribution in [2.24, 2.45) is 17.6 Å². The van der Waals surface area contributed by atoms with Gasteiger partial charge in [0, 0.05) is 12.3 Å². The third-order valence-corrected chi connectivity index (χ3v) is 2.52. The summed E-state index contributed by atoms with van der Waals surface area (Å²) in [5, 5.41) is 0. The number of primary amides is 1. The molecule has 2 N–H and O–H groups in total. The van der Waals surface area contributed by atoms with Crippen LogP contribution in [-0.2, 0) is 9.59 Å². The fourth-order valence-corrected chi connectivity index (χ4v) is 1.60. The second kappa shape index (κ2) is 19.5. The highest BCUT2D eigenvalue weighted by Crippen LogP contribution is 2.32. The Labute approximate surface area is 120 Å². The van der Waals surface area contributed by atoms with Gasteiger partial charge in [0.2, 0.25) is 5.91 Å². The first kappa shape index (κ1) is 23.2. The first-order valence-electron chi connectivity index (χ1n) is 7.87. The quantitative estimate of drug-likeness (QED) is 0.758. The summed E-state index contributed by atoms with van der Waals surface area (Å²) < 4.78 is 0. The van der Waals surface area contributed by atoms with Gasteiger partial charge in [0.1, 0.15) is 6.29 Å². The van der Waals surface area contributed by atoms with Gasteiger partial charge >= 0.3 is 0 Å². The number of rotatable bonds is 5. The van der Waals surface area contributed by atoms with Gasteiger partial charge in [0.25, 0.3) is 0 Å². The van der Waals surface area contributed by atoms with Crippen LogP contribution in [0.4, 0.5) is 0 Å². The van der Waals surface area contributed by atoms with Crippen LogP contribution in [0.1, 0.15) is 80.1 Å². The van der Waals surface area contributed by atoms with E-state index in [-0.39, 0.29) is 18.2 Å². The molecule has 1 rings (SSSR count). The van der Waals surface area contributed by atoms with Crippen LogP contribution < -0.4 is 5.73 Å². The molecule has 3 heteroatoms. The molecule has 1 aliphatic rings. The summed E-state index contributed by atoms with van der Waals surface area (Å²) in [7, 11) is 0. The minimum atomic E-state index is -0.369. The first-order chi connectivity index (χ1) is 9.13. The summed E-state index contributed by atoms with van der Waals surface area (Å²) in [6.07, 6.45) is 6.88. The molecular weight excluding hydrogens is 238 g/mol. The molecule has 0 radical (unpaired) electrons. The van der Waals surface area contributed by atoms with E-state index in [0.29, 0.717) is 5.92 Å². The predicted molar refractivity (Wildman–Crippen MR) is 84.0 cm³/mol. The monoisotopic (exact) mass is 273 g/mol. The molecule has 0 spiro atoms. The van der Waals surface area contributed by atoms with Gasteiger partial charge in [-0.05, 0) is 12.3 Å². The van der Waals surface area contributed by atoms with Gasteiger partial charge in [0.15, 0.2) is 0 Å². The van der Waals surface area contributed by atoms with E-state index in [1.807, 2.05) is 27.7 Å². The molecule has 1 saturated carbocycles. The van der Waals surface area contributed by atoms with E-state index in [4.69, 9.17) is 5.73 Å². The summed E-state index contributed by atoms with van der Waals surface area (Å²) in [4.78, 5) is 21.0. The van der Waals surface area contributed by atoms with Crippen LogP contribution in [0, 0.1) is 11.8 Å². The van der Waals surface area contributed by atoms with E-state index >= 15 is 0 Å². The molecule has 19 heavy (non-hydrogen) atoms. The maximum Gasteiger partial charge on any atom is 0.218 e. The Bertz CT molecular complexity index is 189. The van der Waals surface area contributed by atoms with Gasteiger partial charge in [0.05, 0.1) is 0 Å². The maximum absolute atomic E-state index is 10.5. The molecule has 116 valence electrons. The molecule has 0 aromatic rings. The van der Waals surface area contributed by atoms with Crippen molar-refractivity contribution < 1.29 is 9.59 Å². The number of hydrogen-bond acceptors (Lipinski definition) is 2. The second-order valence-corrected chi connectivity index (χ2v) is 4.31. The average molecular weight is 273 g/mol. The predicted octanol–water partition coefficient (Wildman–Crippen LogP) is 4.34. The topological polar surface area (TPSA) is 60.2 Å². The Morgan fingerprint density at radius 3 is 1.84 bits per heavy atom. The number of aldehydes is 1. The molecule has 1 amide bonds. The largest absolute Gasteiger partial charge is 0.370 e. The molecule has 1 fully saturated rings. The molecule has 0 heterocycles. The van der Waals surface area contributed by atoms with Crippen LogP contribution in [0.25, 0.3) is 0 Å². The molecule has 3 nitrogen and oxygen atoms in total. The average Bonchev–Trinajstić information content (AvgIpc) is 2.37. The summed E-state index contributed by atoms with van der Waals surface area (Å²) in [6.45, 7) is 12.2. The minimum absolute atomic E-state index is 0.132. The van der Waals surface area contributed by atoms with Gasteiger partial charge in [-0.1, -0.05) is 67.2 Å². The summed E-state index contributed by atoms with van der Waals surface area (Å²) in [5.74, 6) is 0.166. The van der Waals surface area contributed by atoms with Crippen molar-refractivity contribution in [2.45, 2.75) is 80.1 Å². The summed E-state index contributed by atoms with van der Waals surface area (Å²) in [5.41, 5.74) is 5.01. The van der Waals surface area contributed by atoms with Crippen LogP contribution in [0.15, 0.2) is 0 Å². The van der Waals surface area contributed by atoms with Crippen molar-refractivity contribution in [1.29, 1.82) is 0 Å². The Morgan fingerprint density at radius 1 is 1.21 bits per heavy atom. The van der Waals surface area contributed by atoms with E-state index < -0.39 is 0 Å². The third-order valence-electron chi connectivity index (χ3n) is 2.52. The molecule has 0 bridgehead atoms. The summed E-state index contributed by atoms with van der Waals surface area (Å²) >= 11 is 0. The van der Waals surface area contributed by atoms with E-state index in [1.54, 1.807) is 0 Å². The molecule has 0 aliphatic heterocycles. The van der Waals surface area contributed by atoms with Crippen molar-refractivity contribution >= 4 is 12.2 Å². The molecular formula is C16H35NO2. The van der Waals surface area contributed by atoms with E-state index in [2.05, 4.69) is 13.8 Å². The maximum atomic E-state index is 10.5. The zero-order valence-electron chi connectivity index (χ0n) is 13.9. The number of amides is 1. The highest BCUT2D eigenvalue weighted by Gasteiger charge is 2.22. The molecule has 0 aromatic carbocycles. The fourth-order valence-electron chi connectivity index (χ4n) is 1.60. The van der Waals surface area contributed by atoms with Gasteiger partial charge < -0.3 is 10.5 Å². The fraction of sp³-hybridized carbons (Fsp3) is 0.875. The number of carbonyl (C=O) groups is 2. The number of hydrogen-bond donors (Lipinski definition) is 1. The highest BCUT2D eigenvalue weighted by atomic mass is 16.1. The Kier molecular flexibility index (Phi) is 23.8. The lowest BCUT2D eigenvalue weighted by atomic mass is 9.78. The lowest BCUT2D eigenvalue weighted by Gasteiger charge is -2.27. The molecule has 1 unspecified atom stereocenters. The lowest BCUT2D eigenvalue weighted by Crippen LogP contribution is -2.22. The summed E-state index contributed by atoms with van der Waals surface area (Å²) in [6, 6.07) is 0. The Balaban J connectivity index is -0.000000313. The Hall–Kier alpha value is -0.860. The minimum Gasteiger partial charge on any atom is -0.370 e. The zero-order chi connectivity index (χ0) is 15.7. The van der Waals surface area contributed by atoms with Crippen molar-refractivity contribution in [1.82, 2.24) is 0 Å². The van der Waals surface area contributed by atoms with Crippen molar-refractivity contribution in [2.75, 3.05) is 0 Å². The SMILES string of the molecule is CC.CC.CCC.NC(=O)CC(C=O)CC1CCC1. The van der Waals surface area contributed by atoms with Crippen molar-refractivity contribution in [3.05, 3.63) is 0 Å². The van der Waals surface area contributed by atoms with Gasteiger partial charge in [-0.25, -0.2) is 0 Å². The standard InChI is InChI=1S/C9H15NO2.C3H8.2C2H6/c10-9(12)5-8(6-11)4-7-2-1-3-7;1-3-2;2*1-2/h6-8H,1-5H2,(H2,10,12);3H2,1-2H3;2*1-2H3. The van der Waals surface area contributed by atoms with E-state index in [9.17, 15) is 9.59 Å². The first-order valence-corrected chi connectivity index (χ1v) is 7.87. The van der Waals surface area contributed by atoms with E-state index in [1.165, 1.54) is 25.7 Å². The zero-order valence-corrected chi connectivity index (χ0v) is 13.9. The smallest absolute Gasteiger partial charge is 0.218 e.